The van der Waals surface area contributed by atoms with E-state index in [0.717, 1.165) is 16.7 Å². The fraction of sp³-hybridized carbons (Fsp3) is 0.444. The van der Waals surface area contributed by atoms with Crippen molar-refractivity contribution < 1.29 is 14.1 Å². The Morgan fingerprint density at radius 2 is 1.80 bits per heavy atom. The van der Waals surface area contributed by atoms with Gasteiger partial charge in [0.2, 0.25) is 0 Å². The van der Waals surface area contributed by atoms with Gasteiger partial charge in [0.1, 0.15) is 0 Å². The van der Waals surface area contributed by atoms with Crippen molar-refractivity contribution >= 4 is 53.1 Å². The zero-order valence-corrected chi connectivity index (χ0v) is 16.8. The lowest BCUT2D eigenvalue weighted by atomic mass is 9.78. The second-order valence-corrected chi connectivity index (χ2v) is 8.22. The van der Waals surface area contributed by atoms with E-state index in [1.807, 2.05) is 58.0 Å². The molecule has 132 valence electrons. The van der Waals surface area contributed by atoms with Crippen LogP contribution in [0.5, 0.6) is 0 Å². The number of thiocarbonyl (C=S) groups is 1. The van der Waals surface area contributed by atoms with E-state index >= 15 is 0 Å². The van der Waals surface area contributed by atoms with Crippen molar-refractivity contribution in [1.82, 2.24) is 0 Å². The Balaban J connectivity index is 2.29. The van der Waals surface area contributed by atoms with E-state index in [1.54, 1.807) is 6.92 Å². The highest BCUT2D eigenvalue weighted by Crippen LogP contribution is 2.39. The van der Waals surface area contributed by atoms with Gasteiger partial charge in [-0.2, -0.15) is 4.99 Å². The molecule has 0 amide bonds. The predicted octanol–water partition coefficient (Wildman–Crippen LogP) is 4.72. The van der Waals surface area contributed by atoms with Crippen LogP contribution in [0.3, 0.4) is 0 Å². The molecule has 0 unspecified atom stereocenters. The van der Waals surface area contributed by atoms with E-state index in [4.69, 9.17) is 9.31 Å². The number of benzene rings is 1. The molecular formula is C18H22BNO3S2. The third-order valence-electron chi connectivity index (χ3n) is 4.42. The molecule has 1 aliphatic rings. The first-order chi connectivity index (χ1) is 11.6. The van der Waals surface area contributed by atoms with Crippen molar-refractivity contribution in [2.45, 2.75) is 45.8 Å². The average Bonchev–Trinajstić information content (AvgIpc) is 2.73. The minimum absolute atomic E-state index is 0.0630. The van der Waals surface area contributed by atoms with Crippen molar-refractivity contribution in [2.75, 3.05) is 5.75 Å². The van der Waals surface area contributed by atoms with Gasteiger partial charge >= 0.3 is 7.12 Å². The normalized spacial score (nSPS) is 18.8. The number of isothiocyanates is 1. The Morgan fingerprint density at radius 3 is 2.28 bits per heavy atom. The van der Waals surface area contributed by atoms with Crippen LogP contribution >= 0.6 is 24.0 Å². The van der Waals surface area contributed by atoms with E-state index in [9.17, 15) is 4.79 Å². The third kappa shape index (κ3) is 5.12. The van der Waals surface area contributed by atoms with E-state index in [1.165, 1.54) is 11.8 Å². The van der Waals surface area contributed by atoms with E-state index < -0.39 is 18.3 Å². The molecule has 0 spiro atoms. The lowest BCUT2D eigenvalue weighted by Crippen LogP contribution is -2.41. The van der Waals surface area contributed by atoms with Gasteiger partial charge in [-0.05, 0) is 63.1 Å². The first kappa shape index (κ1) is 20.1. The van der Waals surface area contributed by atoms with Gasteiger partial charge in [-0.1, -0.05) is 30.0 Å². The summed E-state index contributed by atoms with van der Waals surface area (Å²) in [5.74, 6) is 0.520. The van der Waals surface area contributed by atoms with Gasteiger partial charge in [-0.3, -0.25) is 4.79 Å². The molecule has 1 saturated heterocycles. The number of thioether (sulfide) groups is 1. The first-order valence-corrected chi connectivity index (χ1v) is 9.41. The summed E-state index contributed by atoms with van der Waals surface area (Å²) in [5.41, 5.74) is 1.81. The van der Waals surface area contributed by atoms with E-state index in [2.05, 4.69) is 22.4 Å². The number of rotatable bonds is 5. The molecule has 0 saturated carbocycles. The van der Waals surface area contributed by atoms with Gasteiger partial charge in [-0.15, -0.1) is 0 Å². The van der Waals surface area contributed by atoms with Gasteiger partial charge in [0, 0.05) is 12.7 Å². The van der Waals surface area contributed by atoms with Crippen LogP contribution in [-0.4, -0.2) is 34.3 Å². The fourth-order valence-corrected chi connectivity index (χ4v) is 2.96. The Bertz CT molecular complexity index is 706. The van der Waals surface area contributed by atoms with Crippen molar-refractivity contribution in [3.8, 4) is 0 Å². The Morgan fingerprint density at radius 1 is 1.24 bits per heavy atom. The number of carbonyl (C=O) groups is 1. The second kappa shape index (κ2) is 7.98. The highest BCUT2D eigenvalue weighted by Gasteiger charge is 2.52. The molecule has 0 N–H and O–H groups in total. The van der Waals surface area contributed by atoms with Crippen LogP contribution in [0, 0.1) is 0 Å². The standard InChI is InChI=1S/C18H22BNO3S2/c1-13(21)25-11-15(19-22-17(2,3)18(4,5)23-19)10-14-6-8-16(9-7-14)20-12-24/h6-10H,11H2,1-5H3. The lowest BCUT2D eigenvalue weighted by Gasteiger charge is -2.32. The Labute approximate surface area is 159 Å². The second-order valence-electron chi connectivity index (χ2n) is 6.88. The molecule has 0 aliphatic carbocycles. The molecule has 4 nitrogen and oxygen atoms in total. The number of nitrogens with zero attached hydrogens (tertiary/aromatic N) is 1. The quantitative estimate of drug-likeness (QED) is 0.424. The summed E-state index contributed by atoms with van der Waals surface area (Å²) in [6, 6.07) is 7.61. The third-order valence-corrected chi connectivity index (χ3v) is 5.39. The zero-order valence-electron chi connectivity index (χ0n) is 15.2. The van der Waals surface area contributed by atoms with Crippen LogP contribution in [-0.2, 0) is 14.1 Å². The molecule has 1 aromatic carbocycles. The summed E-state index contributed by atoms with van der Waals surface area (Å²) >= 11 is 5.86. The van der Waals surface area contributed by atoms with Gasteiger partial charge in [-0.25, -0.2) is 0 Å². The van der Waals surface area contributed by atoms with Gasteiger partial charge in [0.05, 0.1) is 22.1 Å². The molecule has 0 radical (unpaired) electrons. The van der Waals surface area contributed by atoms with Crippen LogP contribution in [0.2, 0.25) is 0 Å². The maximum absolute atomic E-state index is 11.4. The summed E-state index contributed by atoms with van der Waals surface area (Å²) in [4.78, 5) is 15.4. The van der Waals surface area contributed by atoms with Gasteiger partial charge in [0.15, 0.2) is 5.12 Å². The minimum Gasteiger partial charge on any atom is -0.400 e. The molecule has 1 heterocycles. The van der Waals surface area contributed by atoms with Crippen LogP contribution < -0.4 is 0 Å². The lowest BCUT2D eigenvalue weighted by molar-refractivity contribution is -0.109. The maximum Gasteiger partial charge on any atom is 0.491 e. The summed E-state index contributed by atoms with van der Waals surface area (Å²) < 4.78 is 12.3. The molecule has 0 atom stereocenters. The summed E-state index contributed by atoms with van der Waals surface area (Å²) in [7, 11) is -0.476. The van der Waals surface area contributed by atoms with Gasteiger partial charge < -0.3 is 9.31 Å². The molecule has 2 rings (SSSR count). The summed E-state index contributed by atoms with van der Waals surface area (Å²) in [6.07, 6.45) is 2.00. The van der Waals surface area contributed by atoms with Gasteiger partial charge in [0.25, 0.3) is 0 Å². The molecule has 1 fully saturated rings. The summed E-state index contributed by atoms with van der Waals surface area (Å²) in [6.45, 7) is 9.62. The minimum atomic E-state index is -0.476. The monoisotopic (exact) mass is 375 g/mol. The van der Waals surface area contributed by atoms with E-state index in [0.29, 0.717) is 5.75 Å². The van der Waals surface area contributed by atoms with Crippen molar-refractivity contribution in [1.29, 1.82) is 0 Å². The first-order valence-electron chi connectivity index (χ1n) is 8.02. The largest absolute Gasteiger partial charge is 0.491 e. The number of hydrogen-bond donors (Lipinski definition) is 0. The smallest absolute Gasteiger partial charge is 0.400 e. The van der Waals surface area contributed by atoms with E-state index in [-0.39, 0.29) is 5.12 Å². The molecule has 1 aromatic rings. The van der Waals surface area contributed by atoms with Crippen LogP contribution in [0.4, 0.5) is 5.69 Å². The number of carbonyl (C=O) groups excluding carboxylic acids is 1. The van der Waals surface area contributed by atoms with Crippen molar-refractivity contribution in [3.63, 3.8) is 0 Å². The molecule has 7 heteroatoms. The number of aliphatic imine (C=N–C) groups is 1. The SMILES string of the molecule is CC(=O)SCC(=Cc1ccc(N=C=S)cc1)B1OC(C)(C)C(C)(C)O1. The zero-order chi connectivity index (χ0) is 18.7. The maximum atomic E-state index is 11.4. The van der Waals surface area contributed by atoms with Crippen LogP contribution in [0.1, 0.15) is 40.2 Å². The van der Waals surface area contributed by atoms with Crippen molar-refractivity contribution in [3.05, 3.63) is 35.3 Å². The van der Waals surface area contributed by atoms with Crippen LogP contribution in [0.15, 0.2) is 34.7 Å². The number of hydrogen-bond acceptors (Lipinski definition) is 6. The Kier molecular flexibility index (Phi) is 6.41. The fourth-order valence-electron chi connectivity index (χ4n) is 2.27. The molecule has 0 bridgehead atoms. The average molecular weight is 375 g/mol. The topological polar surface area (TPSA) is 47.9 Å². The molecule has 25 heavy (non-hydrogen) atoms. The molecular weight excluding hydrogens is 353 g/mol. The molecule has 1 aliphatic heterocycles. The Hall–Kier alpha value is -1.24. The highest BCUT2D eigenvalue weighted by atomic mass is 32.2. The van der Waals surface area contributed by atoms with Crippen molar-refractivity contribution in [2.24, 2.45) is 4.99 Å². The highest BCUT2D eigenvalue weighted by molar-refractivity contribution is 8.13. The molecule has 0 aromatic heterocycles. The van der Waals surface area contributed by atoms with Crippen LogP contribution in [0.25, 0.3) is 6.08 Å². The predicted molar refractivity (Wildman–Crippen MR) is 108 cm³/mol. The summed E-state index contributed by atoms with van der Waals surface area (Å²) in [5, 5.41) is 2.41.